The SMILES string of the molecule is CN(C)S(=O)(=O)c1ccc(C(=O)Nc2nnc(SCC(=O)Nc3ccc4c(c3)OCO4)s2)cc1. The van der Waals surface area contributed by atoms with Crippen molar-refractivity contribution < 1.29 is 27.5 Å². The van der Waals surface area contributed by atoms with Gasteiger partial charge >= 0.3 is 0 Å². The predicted octanol–water partition coefficient (Wildman–Crippen LogP) is 2.50. The van der Waals surface area contributed by atoms with E-state index < -0.39 is 15.9 Å². The van der Waals surface area contributed by atoms with Gasteiger partial charge in [-0.3, -0.25) is 14.9 Å². The first-order valence-electron chi connectivity index (χ1n) is 9.72. The second-order valence-electron chi connectivity index (χ2n) is 7.04. The van der Waals surface area contributed by atoms with Gasteiger partial charge in [0.05, 0.1) is 10.6 Å². The number of fused-ring (bicyclic) bond motifs is 1. The lowest BCUT2D eigenvalue weighted by molar-refractivity contribution is -0.113. The fourth-order valence-electron chi connectivity index (χ4n) is 2.78. The summed E-state index contributed by atoms with van der Waals surface area (Å²) in [5.74, 6) is 0.604. The molecule has 1 aromatic heterocycles. The first kappa shape index (κ1) is 23.9. The molecule has 2 amide bonds. The number of carbonyl (C=O) groups is 2. The lowest BCUT2D eigenvalue weighted by Gasteiger charge is -2.11. The van der Waals surface area contributed by atoms with E-state index >= 15 is 0 Å². The van der Waals surface area contributed by atoms with Gasteiger partial charge in [-0.1, -0.05) is 23.1 Å². The van der Waals surface area contributed by atoms with Crippen molar-refractivity contribution in [1.82, 2.24) is 14.5 Å². The Labute approximate surface area is 203 Å². The molecule has 0 radical (unpaired) electrons. The number of nitrogens with zero attached hydrogens (tertiary/aromatic N) is 3. The number of hydrogen-bond acceptors (Lipinski definition) is 10. The Kier molecular flexibility index (Phi) is 7.02. The maximum absolute atomic E-state index is 12.4. The van der Waals surface area contributed by atoms with Crippen LogP contribution in [0.1, 0.15) is 10.4 Å². The minimum absolute atomic E-state index is 0.0858. The number of benzene rings is 2. The number of hydrogen-bond donors (Lipinski definition) is 2. The van der Waals surface area contributed by atoms with E-state index in [2.05, 4.69) is 20.8 Å². The lowest BCUT2D eigenvalue weighted by atomic mass is 10.2. The predicted molar refractivity (Wildman–Crippen MR) is 127 cm³/mol. The fourth-order valence-corrected chi connectivity index (χ4v) is 5.22. The summed E-state index contributed by atoms with van der Waals surface area (Å²) in [6, 6.07) is 10.7. The van der Waals surface area contributed by atoms with Crippen molar-refractivity contribution in [2.45, 2.75) is 9.24 Å². The second kappa shape index (κ2) is 9.97. The van der Waals surface area contributed by atoms with Crippen LogP contribution in [0.4, 0.5) is 10.8 Å². The summed E-state index contributed by atoms with van der Waals surface area (Å²) < 4.78 is 36.4. The highest BCUT2D eigenvalue weighted by Gasteiger charge is 2.18. The van der Waals surface area contributed by atoms with Gasteiger partial charge in [0.1, 0.15) is 0 Å². The maximum Gasteiger partial charge on any atom is 0.257 e. The molecule has 2 aromatic carbocycles. The zero-order chi connectivity index (χ0) is 24.3. The van der Waals surface area contributed by atoms with Gasteiger partial charge in [-0.05, 0) is 36.4 Å². The first-order chi connectivity index (χ1) is 16.2. The average molecular weight is 522 g/mol. The van der Waals surface area contributed by atoms with Crippen LogP contribution in [0, 0.1) is 0 Å². The van der Waals surface area contributed by atoms with Crippen molar-refractivity contribution in [3.05, 3.63) is 48.0 Å². The quantitative estimate of drug-likeness (QED) is 0.338. The molecule has 14 heteroatoms. The molecular weight excluding hydrogens is 502 g/mol. The Morgan fingerprint density at radius 3 is 2.53 bits per heavy atom. The molecule has 1 aliphatic rings. The van der Waals surface area contributed by atoms with Crippen LogP contribution in [0.15, 0.2) is 51.7 Å². The molecule has 0 aliphatic carbocycles. The van der Waals surface area contributed by atoms with Crippen LogP contribution in [-0.2, 0) is 14.8 Å². The fraction of sp³-hybridized carbons (Fsp3) is 0.200. The number of nitrogens with one attached hydrogen (secondary N) is 2. The second-order valence-corrected chi connectivity index (χ2v) is 11.4. The molecule has 0 spiro atoms. The molecule has 0 saturated carbocycles. The molecule has 178 valence electrons. The van der Waals surface area contributed by atoms with Gasteiger partial charge in [-0.25, -0.2) is 12.7 Å². The van der Waals surface area contributed by atoms with Gasteiger partial charge < -0.3 is 14.8 Å². The van der Waals surface area contributed by atoms with Gasteiger partial charge in [0.25, 0.3) is 5.91 Å². The van der Waals surface area contributed by atoms with Crippen LogP contribution in [0.25, 0.3) is 0 Å². The summed E-state index contributed by atoms with van der Waals surface area (Å²) >= 11 is 2.30. The number of ether oxygens (including phenoxy) is 2. The molecule has 0 fully saturated rings. The molecule has 2 N–H and O–H groups in total. The normalized spacial score (nSPS) is 12.6. The lowest BCUT2D eigenvalue weighted by Crippen LogP contribution is -2.22. The number of anilines is 2. The topological polar surface area (TPSA) is 140 Å². The molecular formula is C20H19N5O6S3. The number of rotatable bonds is 8. The summed E-state index contributed by atoms with van der Waals surface area (Å²) in [5.41, 5.74) is 0.856. The first-order valence-corrected chi connectivity index (χ1v) is 13.0. The summed E-state index contributed by atoms with van der Waals surface area (Å²) in [7, 11) is -0.712. The number of amides is 2. The van der Waals surface area contributed by atoms with Crippen molar-refractivity contribution in [1.29, 1.82) is 0 Å². The Bertz CT molecular complexity index is 1320. The Morgan fingerprint density at radius 2 is 1.79 bits per heavy atom. The van der Waals surface area contributed by atoms with Crippen molar-refractivity contribution >= 4 is 55.8 Å². The molecule has 1 aliphatic heterocycles. The van der Waals surface area contributed by atoms with Crippen LogP contribution in [0.5, 0.6) is 11.5 Å². The minimum atomic E-state index is -3.58. The highest BCUT2D eigenvalue weighted by molar-refractivity contribution is 8.01. The summed E-state index contributed by atoms with van der Waals surface area (Å²) in [4.78, 5) is 24.8. The summed E-state index contributed by atoms with van der Waals surface area (Å²) in [5, 5.41) is 13.5. The molecule has 0 unspecified atom stereocenters. The molecule has 11 nitrogen and oxygen atoms in total. The largest absolute Gasteiger partial charge is 0.454 e. The average Bonchev–Trinajstić information content (AvgIpc) is 3.46. The van der Waals surface area contributed by atoms with Crippen LogP contribution in [-0.4, -0.2) is 61.4 Å². The number of thioether (sulfide) groups is 1. The van der Waals surface area contributed by atoms with E-state index in [1.165, 1.54) is 50.1 Å². The van der Waals surface area contributed by atoms with E-state index in [0.29, 0.717) is 21.5 Å². The van der Waals surface area contributed by atoms with E-state index in [9.17, 15) is 18.0 Å². The number of sulfonamides is 1. The van der Waals surface area contributed by atoms with E-state index in [4.69, 9.17) is 9.47 Å². The summed E-state index contributed by atoms with van der Waals surface area (Å²) in [6.45, 7) is 0.155. The smallest absolute Gasteiger partial charge is 0.257 e. The molecule has 0 bridgehead atoms. The Hall–Kier alpha value is -3.20. The zero-order valence-corrected chi connectivity index (χ0v) is 20.4. The minimum Gasteiger partial charge on any atom is -0.454 e. The summed E-state index contributed by atoms with van der Waals surface area (Å²) in [6.07, 6.45) is 0. The van der Waals surface area contributed by atoms with Crippen molar-refractivity contribution in [3.8, 4) is 11.5 Å². The van der Waals surface area contributed by atoms with E-state index in [-0.39, 0.29) is 34.0 Å². The standard InChI is InChI=1S/C20H19N5O6S3/c1-25(2)34(28,29)14-6-3-12(4-7-14)18(27)22-19-23-24-20(33-19)32-10-17(26)21-13-5-8-15-16(9-13)31-11-30-15/h3-9H,10-11H2,1-2H3,(H,21,26)(H,22,23,27). The van der Waals surface area contributed by atoms with E-state index in [1.807, 2.05) is 0 Å². The number of aromatic nitrogens is 2. The van der Waals surface area contributed by atoms with Gasteiger partial charge in [-0.2, -0.15) is 0 Å². The monoisotopic (exact) mass is 521 g/mol. The van der Waals surface area contributed by atoms with Gasteiger partial charge in [-0.15, -0.1) is 10.2 Å². The van der Waals surface area contributed by atoms with Gasteiger partial charge in [0.15, 0.2) is 15.8 Å². The van der Waals surface area contributed by atoms with Crippen LogP contribution in [0.3, 0.4) is 0 Å². The molecule has 34 heavy (non-hydrogen) atoms. The molecule has 2 heterocycles. The third-order valence-corrected chi connectivity index (χ3v) is 8.31. The van der Waals surface area contributed by atoms with Crippen LogP contribution < -0.4 is 20.1 Å². The Balaban J connectivity index is 1.29. The molecule has 3 aromatic rings. The van der Waals surface area contributed by atoms with E-state index in [0.717, 1.165) is 15.6 Å². The van der Waals surface area contributed by atoms with E-state index in [1.54, 1.807) is 18.2 Å². The molecule has 4 rings (SSSR count). The third kappa shape index (κ3) is 5.47. The molecule has 0 atom stereocenters. The highest BCUT2D eigenvalue weighted by Crippen LogP contribution is 2.34. The maximum atomic E-state index is 12.4. The van der Waals surface area contributed by atoms with Gasteiger partial charge in [0, 0.05) is 31.4 Å². The van der Waals surface area contributed by atoms with Crippen molar-refractivity contribution in [3.63, 3.8) is 0 Å². The van der Waals surface area contributed by atoms with Crippen molar-refractivity contribution in [2.24, 2.45) is 0 Å². The Morgan fingerprint density at radius 1 is 1.06 bits per heavy atom. The van der Waals surface area contributed by atoms with Crippen LogP contribution >= 0.6 is 23.1 Å². The zero-order valence-electron chi connectivity index (χ0n) is 18.0. The molecule has 0 saturated heterocycles. The number of carbonyl (C=O) groups excluding carboxylic acids is 2. The van der Waals surface area contributed by atoms with Crippen LogP contribution in [0.2, 0.25) is 0 Å². The van der Waals surface area contributed by atoms with Crippen molar-refractivity contribution in [2.75, 3.05) is 37.3 Å². The highest BCUT2D eigenvalue weighted by atomic mass is 32.2. The third-order valence-electron chi connectivity index (χ3n) is 4.51. The van der Waals surface area contributed by atoms with Gasteiger partial charge in [0.2, 0.25) is 27.9 Å².